The number of ether oxygens (including phenoxy) is 1. The lowest BCUT2D eigenvalue weighted by atomic mass is 10.1. The van der Waals surface area contributed by atoms with Crippen molar-refractivity contribution in [1.82, 2.24) is 15.0 Å². The number of nitrogens with one attached hydrogen (secondary N) is 2. The van der Waals surface area contributed by atoms with Gasteiger partial charge < -0.3 is 19.9 Å². The number of fused-ring (bicyclic) bond motifs is 1. The zero-order valence-corrected chi connectivity index (χ0v) is 16.6. The Morgan fingerprint density at radius 3 is 2.93 bits per heavy atom. The van der Waals surface area contributed by atoms with E-state index in [0.29, 0.717) is 5.02 Å². The third-order valence-electron chi connectivity index (χ3n) is 5.18. The highest BCUT2D eigenvalue weighted by molar-refractivity contribution is 6.35. The Morgan fingerprint density at radius 2 is 2.10 bits per heavy atom. The average Bonchev–Trinajstić information content (AvgIpc) is 3.17. The Kier molecular flexibility index (Phi) is 4.48. The molecule has 0 spiro atoms. The van der Waals surface area contributed by atoms with Gasteiger partial charge in [-0.3, -0.25) is 4.98 Å². The SMILES string of the molecule is Cc1c(N2CC(Oc3cccnc3)C2)ccnc1Nc1cc(Cl)c2cc[nH]c2c1. The maximum Gasteiger partial charge on any atom is 0.138 e. The van der Waals surface area contributed by atoms with E-state index in [4.69, 9.17) is 16.3 Å². The normalized spacial score (nSPS) is 14.1. The number of anilines is 3. The van der Waals surface area contributed by atoms with Crippen molar-refractivity contribution in [2.24, 2.45) is 0 Å². The van der Waals surface area contributed by atoms with Crippen molar-refractivity contribution in [2.45, 2.75) is 13.0 Å². The van der Waals surface area contributed by atoms with Crippen LogP contribution < -0.4 is 15.0 Å². The van der Waals surface area contributed by atoms with Crippen LogP contribution in [0.15, 0.2) is 61.2 Å². The summed E-state index contributed by atoms with van der Waals surface area (Å²) >= 11 is 6.40. The summed E-state index contributed by atoms with van der Waals surface area (Å²) in [6.45, 7) is 3.74. The van der Waals surface area contributed by atoms with Gasteiger partial charge in [0.25, 0.3) is 0 Å². The largest absolute Gasteiger partial charge is 0.485 e. The monoisotopic (exact) mass is 405 g/mol. The van der Waals surface area contributed by atoms with E-state index in [-0.39, 0.29) is 6.10 Å². The Balaban J connectivity index is 1.31. The summed E-state index contributed by atoms with van der Waals surface area (Å²) < 4.78 is 5.96. The average molecular weight is 406 g/mol. The second-order valence-electron chi connectivity index (χ2n) is 7.16. The molecule has 0 aliphatic carbocycles. The van der Waals surface area contributed by atoms with Gasteiger partial charge in [-0.15, -0.1) is 0 Å². The summed E-state index contributed by atoms with van der Waals surface area (Å²) in [5.41, 5.74) is 4.14. The molecule has 3 aromatic heterocycles. The summed E-state index contributed by atoms with van der Waals surface area (Å²) in [5, 5.41) is 5.12. The fraction of sp³-hybridized carbons (Fsp3) is 0.182. The molecular formula is C22H20ClN5O. The highest BCUT2D eigenvalue weighted by Gasteiger charge is 2.30. The van der Waals surface area contributed by atoms with Crippen LogP contribution in [0.5, 0.6) is 5.75 Å². The van der Waals surface area contributed by atoms with Crippen molar-refractivity contribution in [3.8, 4) is 5.75 Å². The van der Waals surface area contributed by atoms with Gasteiger partial charge in [-0.1, -0.05) is 11.6 Å². The number of H-pyrrole nitrogens is 1. The highest BCUT2D eigenvalue weighted by Crippen LogP contribution is 2.33. The van der Waals surface area contributed by atoms with E-state index in [2.05, 4.69) is 32.1 Å². The maximum absolute atomic E-state index is 6.40. The molecule has 0 unspecified atom stereocenters. The van der Waals surface area contributed by atoms with E-state index in [0.717, 1.165) is 52.5 Å². The molecular weight excluding hydrogens is 386 g/mol. The van der Waals surface area contributed by atoms with Gasteiger partial charge in [0, 0.05) is 46.4 Å². The topological polar surface area (TPSA) is 66.1 Å². The van der Waals surface area contributed by atoms with Gasteiger partial charge in [0.2, 0.25) is 0 Å². The minimum Gasteiger partial charge on any atom is -0.485 e. The number of aromatic nitrogens is 3. The van der Waals surface area contributed by atoms with Crippen LogP contribution >= 0.6 is 11.6 Å². The molecule has 1 saturated heterocycles. The first-order valence-corrected chi connectivity index (χ1v) is 9.86. The molecule has 7 heteroatoms. The van der Waals surface area contributed by atoms with E-state index in [9.17, 15) is 0 Å². The van der Waals surface area contributed by atoms with Crippen LogP contribution in [0.3, 0.4) is 0 Å². The van der Waals surface area contributed by atoms with Crippen LogP contribution in [0.1, 0.15) is 5.56 Å². The lowest BCUT2D eigenvalue weighted by molar-refractivity contribution is 0.167. The van der Waals surface area contributed by atoms with E-state index >= 15 is 0 Å². The molecule has 1 aliphatic heterocycles. The minimum atomic E-state index is 0.164. The number of benzene rings is 1. The number of nitrogens with zero attached hydrogens (tertiary/aromatic N) is 3. The molecule has 0 amide bonds. The van der Waals surface area contributed by atoms with Gasteiger partial charge in [0.05, 0.1) is 24.3 Å². The van der Waals surface area contributed by atoms with Crippen LogP contribution in [-0.2, 0) is 0 Å². The molecule has 0 radical (unpaired) electrons. The third kappa shape index (κ3) is 3.47. The lowest BCUT2D eigenvalue weighted by Crippen LogP contribution is -2.54. The van der Waals surface area contributed by atoms with Gasteiger partial charge in [-0.25, -0.2) is 4.98 Å². The zero-order valence-electron chi connectivity index (χ0n) is 15.9. The smallest absolute Gasteiger partial charge is 0.138 e. The maximum atomic E-state index is 6.40. The van der Waals surface area contributed by atoms with Crippen molar-refractivity contribution < 1.29 is 4.74 Å². The fourth-order valence-corrected chi connectivity index (χ4v) is 3.93. The van der Waals surface area contributed by atoms with Crippen molar-refractivity contribution >= 4 is 39.7 Å². The predicted molar refractivity (Wildman–Crippen MR) is 116 cm³/mol. The number of halogens is 1. The molecule has 4 aromatic rings. The quantitative estimate of drug-likeness (QED) is 0.492. The fourth-order valence-electron chi connectivity index (χ4n) is 3.64. The van der Waals surface area contributed by atoms with Gasteiger partial charge in [0.1, 0.15) is 17.7 Å². The molecule has 1 aromatic carbocycles. The summed E-state index contributed by atoms with van der Waals surface area (Å²) in [7, 11) is 0. The van der Waals surface area contributed by atoms with Crippen molar-refractivity contribution in [3.05, 3.63) is 71.8 Å². The van der Waals surface area contributed by atoms with Gasteiger partial charge >= 0.3 is 0 Å². The van der Waals surface area contributed by atoms with Crippen molar-refractivity contribution in [1.29, 1.82) is 0 Å². The highest BCUT2D eigenvalue weighted by atomic mass is 35.5. The molecule has 6 nitrogen and oxygen atoms in total. The second kappa shape index (κ2) is 7.29. The van der Waals surface area contributed by atoms with E-state index in [1.54, 1.807) is 12.4 Å². The Bertz CT molecular complexity index is 1150. The molecule has 0 atom stereocenters. The molecule has 1 fully saturated rings. The van der Waals surface area contributed by atoms with Crippen LogP contribution in [0.4, 0.5) is 17.2 Å². The van der Waals surface area contributed by atoms with Gasteiger partial charge in [0.15, 0.2) is 0 Å². The summed E-state index contributed by atoms with van der Waals surface area (Å²) in [6.07, 6.45) is 7.37. The van der Waals surface area contributed by atoms with E-state index in [1.165, 1.54) is 0 Å². The van der Waals surface area contributed by atoms with Gasteiger partial charge in [-0.2, -0.15) is 0 Å². The number of pyridine rings is 2. The second-order valence-corrected chi connectivity index (χ2v) is 7.57. The molecule has 4 heterocycles. The molecule has 0 saturated carbocycles. The van der Waals surface area contributed by atoms with E-state index < -0.39 is 0 Å². The Labute approximate surface area is 173 Å². The molecule has 2 N–H and O–H groups in total. The zero-order chi connectivity index (χ0) is 19.8. The summed E-state index contributed by atoms with van der Waals surface area (Å²) in [4.78, 5) is 14.1. The van der Waals surface area contributed by atoms with Crippen LogP contribution in [-0.4, -0.2) is 34.1 Å². The first-order valence-electron chi connectivity index (χ1n) is 9.48. The lowest BCUT2D eigenvalue weighted by Gasteiger charge is -2.41. The first kappa shape index (κ1) is 17.8. The molecule has 146 valence electrons. The van der Waals surface area contributed by atoms with Crippen LogP contribution in [0, 0.1) is 6.92 Å². The van der Waals surface area contributed by atoms with Crippen LogP contribution in [0.2, 0.25) is 5.02 Å². The molecule has 5 rings (SSSR count). The first-order chi connectivity index (χ1) is 14.2. The Morgan fingerprint density at radius 1 is 1.21 bits per heavy atom. The molecule has 29 heavy (non-hydrogen) atoms. The molecule has 0 bridgehead atoms. The summed E-state index contributed by atoms with van der Waals surface area (Å²) in [5.74, 6) is 1.63. The summed E-state index contributed by atoms with van der Waals surface area (Å²) in [6, 6.07) is 11.8. The third-order valence-corrected chi connectivity index (χ3v) is 5.50. The Hall–Kier alpha value is -3.25. The molecule has 1 aliphatic rings. The van der Waals surface area contributed by atoms with E-state index in [1.807, 2.05) is 48.8 Å². The standard InChI is InChI=1S/C22H20ClN5O/c1-14-21(28-12-17(13-28)29-16-3-2-6-24-11-16)5-8-26-22(14)27-15-9-19(23)18-4-7-25-20(18)10-15/h2-11,17,25H,12-13H2,1H3,(H,26,27). The minimum absolute atomic E-state index is 0.164. The predicted octanol–water partition coefficient (Wildman–Crippen LogP) is 4.93. The number of rotatable bonds is 5. The van der Waals surface area contributed by atoms with Crippen LogP contribution in [0.25, 0.3) is 10.9 Å². The van der Waals surface area contributed by atoms with Crippen molar-refractivity contribution in [3.63, 3.8) is 0 Å². The van der Waals surface area contributed by atoms with Gasteiger partial charge in [-0.05, 0) is 43.3 Å². The number of aromatic amines is 1. The van der Waals surface area contributed by atoms with Crippen molar-refractivity contribution in [2.75, 3.05) is 23.3 Å². The number of hydrogen-bond donors (Lipinski definition) is 2. The number of hydrogen-bond acceptors (Lipinski definition) is 5.